The molecule has 0 amide bonds. The third kappa shape index (κ3) is 15.1. The number of carbonyl (C=O) groups is 4. The van der Waals surface area contributed by atoms with Crippen molar-refractivity contribution in [3.63, 3.8) is 0 Å². The second-order valence-corrected chi connectivity index (χ2v) is 23.5. The van der Waals surface area contributed by atoms with Crippen molar-refractivity contribution in [2.75, 3.05) is 26.4 Å². The number of aryl methyl sites for hydroxylation is 4. The van der Waals surface area contributed by atoms with Gasteiger partial charge in [0.15, 0.2) is 0 Å². The van der Waals surface area contributed by atoms with E-state index in [0.717, 1.165) is 191 Å². The van der Waals surface area contributed by atoms with Crippen molar-refractivity contribution < 1.29 is 48.3 Å². The van der Waals surface area contributed by atoms with Gasteiger partial charge in [-0.15, -0.1) is 0 Å². The lowest BCUT2D eigenvalue weighted by Gasteiger charge is -2.31. The molecule has 6 aromatic carbocycles. The van der Waals surface area contributed by atoms with Gasteiger partial charge < -0.3 is 38.7 Å². The van der Waals surface area contributed by atoms with Crippen LogP contribution in [0.2, 0.25) is 0 Å². The van der Waals surface area contributed by atoms with Crippen LogP contribution >= 0.6 is 0 Å². The molecule has 0 aromatic heterocycles. The SMILES string of the molecule is CC(=O)CCCCCOc1ccc2c(c1)CCc1c(C#N)c(C#N)c3c(c1-2)-c1ccc(OCCCCCC(C)=O)cc1CC3.N#Cc1c(C#N)c2c(c3c1CCc1cc(OCCCCCC(=O)O)ccc1-3)-c1ccc(OCCCCCC(=O)O)cc1CC2. The Kier molecular flexibility index (Phi) is 21.9. The van der Waals surface area contributed by atoms with Crippen LogP contribution in [0.4, 0.5) is 0 Å². The van der Waals surface area contributed by atoms with Gasteiger partial charge in [0.1, 0.15) is 58.8 Å². The average Bonchev–Trinajstić information content (AvgIpc) is 3.58. The van der Waals surface area contributed by atoms with Gasteiger partial charge in [-0.3, -0.25) is 9.59 Å². The Balaban J connectivity index is 0.000000209. The van der Waals surface area contributed by atoms with E-state index < -0.39 is 11.9 Å². The molecule has 0 bridgehead atoms. The zero-order valence-electron chi connectivity index (χ0n) is 50.7. The predicted molar refractivity (Wildman–Crippen MR) is 336 cm³/mol. The smallest absolute Gasteiger partial charge is 0.303 e. The molecular weight excluding hydrogens is 1100 g/mol. The minimum Gasteiger partial charge on any atom is -0.494 e. The van der Waals surface area contributed by atoms with Crippen LogP contribution in [0.25, 0.3) is 44.5 Å². The van der Waals surface area contributed by atoms with E-state index in [0.29, 0.717) is 100 Å². The van der Waals surface area contributed by atoms with E-state index in [1.807, 2.05) is 24.3 Å². The van der Waals surface area contributed by atoms with E-state index in [-0.39, 0.29) is 24.4 Å². The van der Waals surface area contributed by atoms with Crippen molar-refractivity contribution in [3.8, 4) is 91.8 Å². The molecule has 452 valence electrons. The van der Waals surface area contributed by atoms with E-state index in [1.54, 1.807) is 13.8 Å². The largest absolute Gasteiger partial charge is 0.494 e. The summed E-state index contributed by atoms with van der Waals surface area (Å²) in [5.74, 6) is 2.14. The minimum absolute atomic E-state index is 0.175. The quantitative estimate of drug-likeness (QED) is 0.0434. The summed E-state index contributed by atoms with van der Waals surface area (Å²) in [6.07, 6.45) is 17.3. The van der Waals surface area contributed by atoms with E-state index in [1.165, 1.54) is 11.1 Å². The molecule has 0 unspecified atom stereocenters. The van der Waals surface area contributed by atoms with Crippen molar-refractivity contribution >= 4 is 23.5 Å². The van der Waals surface area contributed by atoms with Gasteiger partial charge in [-0.2, -0.15) is 21.0 Å². The molecule has 0 spiro atoms. The molecule has 14 heteroatoms. The third-order valence-electron chi connectivity index (χ3n) is 17.3. The fourth-order valence-electron chi connectivity index (χ4n) is 13.0. The van der Waals surface area contributed by atoms with Gasteiger partial charge in [-0.05, 0) is 280 Å². The zero-order chi connectivity index (χ0) is 62.1. The molecule has 0 saturated carbocycles. The highest BCUT2D eigenvalue weighted by atomic mass is 16.5. The summed E-state index contributed by atoms with van der Waals surface area (Å²) in [6.45, 7) is 5.54. The van der Waals surface area contributed by atoms with Crippen molar-refractivity contribution in [3.05, 3.63) is 140 Å². The van der Waals surface area contributed by atoms with Crippen LogP contribution < -0.4 is 18.9 Å². The lowest BCUT2D eigenvalue weighted by molar-refractivity contribution is -0.138. The van der Waals surface area contributed by atoms with Crippen LogP contribution in [0.1, 0.15) is 183 Å². The summed E-state index contributed by atoms with van der Waals surface area (Å²) in [4.78, 5) is 43.8. The number of benzene rings is 6. The summed E-state index contributed by atoms with van der Waals surface area (Å²) in [7, 11) is 0. The molecule has 0 atom stereocenters. The Morgan fingerprint density at radius 1 is 0.352 bits per heavy atom. The number of nitrogens with zero attached hydrogens (tertiary/aromatic N) is 4. The first-order chi connectivity index (χ1) is 42.8. The number of carboxylic acid groups (broad SMARTS) is 2. The first kappa shape index (κ1) is 63.3. The summed E-state index contributed by atoms with van der Waals surface area (Å²) in [6, 6.07) is 34.2. The summed E-state index contributed by atoms with van der Waals surface area (Å²) < 4.78 is 24.2. The number of nitriles is 4. The molecule has 14 nitrogen and oxygen atoms in total. The maximum Gasteiger partial charge on any atom is 0.303 e. The minimum atomic E-state index is -0.775. The molecule has 6 aromatic rings. The number of hydrogen-bond donors (Lipinski definition) is 2. The van der Waals surface area contributed by atoms with Crippen molar-refractivity contribution in [1.82, 2.24) is 0 Å². The van der Waals surface area contributed by atoms with E-state index in [2.05, 4.69) is 72.8 Å². The number of fused-ring (bicyclic) bond motifs is 14. The molecule has 0 aliphatic heterocycles. The molecule has 0 saturated heterocycles. The highest BCUT2D eigenvalue weighted by molar-refractivity contribution is 5.97. The molecule has 0 radical (unpaired) electrons. The number of unbranched alkanes of at least 4 members (excludes halogenated alkanes) is 8. The molecule has 0 fully saturated rings. The Bertz CT molecular complexity index is 3320. The Hall–Kier alpha value is -9.24. The maximum atomic E-state index is 11.2. The second-order valence-electron chi connectivity index (χ2n) is 23.5. The van der Waals surface area contributed by atoms with Crippen molar-refractivity contribution in [2.45, 2.75) is 168 Å². The van der Waals surface area contributed by atoms with E-state index in [4.69, 9.17) is 29.2 Å². The number of ketones is 2. The van der Waals surface area contributed by atoms with Crippen LogP contribution in [0.5, 0.6) is 23.0 Å². The Morgan fingerprint density at radius 2 is 0.591 bits per heavy atom. The highest BCUT2D eigenvalue weighted by Gasteiger charge is 2.34. The molecular formula is C74H76N4O10. The summed E-state index contributed by atoms with van der Waals surface area (Å²) in [5, 5.41) is 58.4. The summed E-state index contributed by atoms with van der Waals surface area (Å²) in [5.41, 5.74) is 19.0. The Labute approximate surface area is 516 Å². The Morgan fingerprint density at radius 3 is 0.807 bits per heavy atom. The second kappa shape index (κ2) is 30.4. The van der Waals surface area contributed by atoms with Crippen LogP contribution in [0, 0.1) is 45.3 Å². The van der Waals surface area contributed by atoms with E-state index in [9.17, 15) is 40.2 Å². The number of Topliss-reactive ketones (excluding diaryl/α,β-unsaturated/α-hetero) is 2. The third-order valence-corrected chi connectivity index (χ3v) is 17.3. The fourth-order valence-corrected chi connectivity index (χ4v) is 13.0. The standard InChI is InChI=1S/C38H40N2O4.C36H36N2O6/c1-25(41)9-5-3-7-19-43-29-13-17-31-27(21-29)11-15-33-35(23-39)36(24-40)34-16-12-28-22-30(14-18-32(28)38(34)37(31)33)44-20-8-4-6-10-26(2)42;37-21-31-29-13-9-23-19-25(43-17-5-1-3-7-33(39)40)11-15-27(23)35(29)36-28-16-12-26(44-18-6-2-4-8-34(41)42)20-24(28)10-14-30(36)32(31)22-38/h13-14,17-18,21-22H,3-12,15-16,19-20H2,1-2H3;11-12,15-16,19-20H,1-10,13-14,17-18H2,(H,39,40)(H,41,42). The monoisotopic (exact) mass is 1180 g/mol. The zero-order valence-corrected chi connectivity index (χ0v) is 50.7. The normalized spacial score (nSPS) is 12.5. The number of hydrogen-bond acceptors (Lipinski definition) is 12. The van der Waals surface area contributed by atoms with Crippen LogP contribution in [-0.2, 0) is 70.5 Å². The molecule has 10 rings (SSSR count). The molecule has 2 N–H and O–H groups in total. The van der Waals surface area contributed by atoms with Crippen LogP contribution in [0.3, 0.4) is 0 Å². The predicted octanol–water partition coefficient (Wildman–Crippen LogP) is 15.0. The first-order valence-electron chi connectivity index (χ1n) is 31.3. The van der Waals surface area contributed by atoms with Crippen LogP contribution in [-0.4, -0.2) is 60.1 Å². The van der Waals surface area contributed by atoms with Gasteiger partial charge in [0, 0.05) is 25.7 Å². The topological polar surface area (TPSA) is 241 Å². The van der Waals surface area contributed by atoms with E-state index >= 15 is 0 Å². The first-order valence-corrected chi connectivity index (χ1v) is 31.3. The number of ether oxygens (including phenoxy) is 4. The molecule has 4 aliphatic rings. The molecule has 0 heterocycles. The number of rotatable bonds is 28. The lowest BCUT2D eigenvalue weighted by Crippen LogP contribution is -2.16. The molecule has 88 heavy (non-hydrogen) atoms. The fraction of sp³-hybridized carbons (Fsp3) is 0.405. The molecule has 4 aliphatic carbocycles. The van der Waals surface area contributed by atoms with Gasteiger partial charge in [-0.1, -0.05) is 24.3 Å². The number of carbonyl (C=O) groups excluding carboxylic acids is 2. The number of carboxylic acids is 2. The van der Waals surface area contributed by atoms with Gasteiger partial charge in [0.05, 0.1) is 48.7 Å². The maximum absolute atomic E-state index is 11.2. The van der Waals surface area contributed by atoms with Crippen molar-refractivity contribution in [1.29, 1.82) is 21.0 Å². The van der Waals surface area contributed by atoms with Crippen molar-refractivity contribution in [2.24, 2.45) is 0 Å². The lowest BCUT2D eigenvalue weighted by atomic mass is 9.72. The van der Waals surface area contributed by atoms with Gasteiger partial charge >= 0.3 is 11.9 Å². The van der Waals surface area contributed by atoms with Crippen LogP contribution in [0.15, 0.2) is 72.8 Å². The highest BCUT2D eigenvalue weighted by Crippen LogP contribution is 2.52. The summed E-state index contributed by atoms with van der Waals surface area (Å²) >= 11 is 0. The van der Waals surface area contributed by atoms with Gasteiger partial charge in [0.2, 0.25) is 0 Å². The van der Waals surface area contributed by atoms with Gasteiger partial charge in [0.25, 0.3) is 0 Å². The number of aliphatic carboxylic acids is 2. The average molecular weight is 1180 g/mol. The van der Waals surface area contributed by atoms with Gasteiger partial charge in [-0.25, -0.2) is 0 Å².